The summed E-state index contributed by atoms with van der Waals surface area (Å²) in [7, 11) is 1.89. The maximum atomic E-state index is 5.70. The first-order valence-electron chi connectivity index (χ1n) is 4.54. The summed E-state index contributed by atoms with van der Waals surface area (Å²) in [6.07, 6.45) is 0.956. The zero-order valence-corrected chi connectivity index (χ0v) is 9.66. The Kier molecular flexibility index (Phi) is 3.23. The van der Waals surface area contributed by atoms with E-state index >= 15 is 0 Å². The lowest BCUT2D eigenvalue weighted by molar-refractivity contribution is 0.193. The molecule has 0 spiro atoms. The van der Waals surface area contributed by atoms with Crippen LogP contribution in [0.1, 0.15) is 6.42 Å². The van der Waals surface area contributed by atoms with Gasteiger partial charge in [0.15, 0.2) is 0 Å². The molecule has 2 heterocycles. The molecule has 1 unspecified atom stereocenters. The summed E-state index contributed by atoms with van der Waals surface area (Å²) in [5.74, 6) is 0.482. The normalized spacial score (nSPS) is 20.6. The van der Waals surface area contributed by atoms with Crippen LogP contribution in [0.2, 0.25) is 10.6 Å². The van der Waals surface area contributed by atoms with Gasteiger partial charge in [0.05, 0.1) is 12.6 Å². The summed E-state index contributed by atoms with van der Waals surface area (Å²) >= 11 is 11.4. The molecule has 1 fully saturated rings. The number of rotatable bonds is 2. The Morgan fingerprint density at radius 2 is 1.93 bits per heavy atom. The monoisotopic (exact) mass is 248 g/mol. The number of nitrogens with zero attached hydrogens (tertiary/aromatic N) is 4. The van der Waals surface area contributed by atoms with Crippen molar-refractivity contribution in [1.29, 1.82) is 0 Å². The number of aromatic nitrogens is 3. The van der Waals surface area contributed by atoms with Crippen LogP contribution in [0, 0.1) is 0 Å². The highest BCUT2D eigenvalue weighted by atomic mass is 35.5. The first kappa shape index (κ1) is 10.9. The highest BCUT2D eigenvalue weighted by Gasteiger charge is 2.22. The number of anilines is 1. The van der Waals surface area contributed by atoms with Gasteiger partial charge in [0.2, 0.25) is 16.5 Å². The highest BCUT2D eigenvalue weighted by molar-refractivity contribution is 6.31. The minimum atomic E-state index is 0.107. The fourth-order valence-electron chi connectivity index (χ4n) is 1.46. The van der Waals surface area contributed by atoms with Gasteiger partial charge in [0.25, 0.3) is 0 Å². The predicted octanol–water partition coefficient (Wildman–Crippen LogP) is 1.40. The zero-order valence-electron chi connectivity index (χ0n) is 8.15. The molecule has 1 aromatic rings. The first-order valence-corrected chi connectivity index (χ1v) is 5.30. The molecule has 1 saturated heterocycles. The van der Waals surface area contributed by atoms with Crippen LogP contribution in [0.5, 0.6) is 0 Å². The van der Waals surface area contributed by atoms with E-state index in [9.17, 15) is 0 Å². The van der Waals surface area contributed by atoms with Gasteiger partial charge < -0.3 is 9.64 Å². The summed E-state index contributed by atoms with van der Waals surface area (Å²) in [5, 5.41) is 0.214. The van der Waals surface area contributed by atoms with Crippen LogP contribution < -0.4 is 4.90 Å². The zero-order chi connectivity index (χ0) is 10.8. The first-order chi connectivity index (χ1) is 7.16. The van der Waals surface area contributed by atoms with Crippen molar-refractivity contribution >= 4 is 29.2 Å². The van der Waals surface area contributed by atoms with Crippen molar-refractivity contribution < 1.29 is 4.74 Å². The number of hydrogen-bond acceptors (Lipinski definition) is 5. The topological polar surface area (TPSA) is 51.1 Å². The van der Waals surface area contributed by atoms with Gasteiger partial charge in [-0.05, 0) is 29.6 Å². The molecule has 0 amide bonds. The highest BCUT2D eigenvalue weighted by Crippen LogP contribution is 2.18. The van der Waals surface area contributed by atoms with Gasteiger partial charge in [0.1, 0.15) is 0 Å². The van der Waals surface area contributed by atoms with E-state index in [4.69, 9.17) is 27.9 Å². The second-order valence-electron chi connectivity index (χ2n) is 3.30. The van der Waals surface area contributed by atoms with Crippen molar-refractivity contribution in [3.05, 3.63) is 10.6 Å². The van der Waals surface area contributed by atoms with Gasteiger partial charge in [-0.25, -0.2) is 0 Å². The Hall–Kier alpha value is -0.650. The average molecular weight is 249 g/mol. The molecule has 1 aliphatic rings. The quantitative estimate of drug-likeness (QED) is 0.793. The fraction of sp³-hybridized carbons (Fsp3) is 0.625. The van der Waals surface area contributed by atoms with Crippen molar-refractivity contribution in [2.24, 2.45) is 0 Å². The van der Waals surface area contributed by atoms with E-state index in [-0.39, 0.29) is 16.6 Å². The third-order valence-corrected chi connectivity index (χ3v) is 2.68. The average Bonchev–Trinajstić information content (AvgIpc) is 2.67. The maximum Gasteiger partial charge on any atom is 0.231 e. The smallest absolute Gasteiger partial charge is 0.231 e. The SMILES string of the molecule is CN(c1nc(Cl)nc(Cl)n1)C1CCOC1. The van der Waals surface area contributed by atoms with Gasteiger partial charge in [0, 0.05) is 13.7 Å². The molecule has 0 saturated carbocycles. The molecule has 5 nitrogen and oxygen atoms in total. The second-order valence-corrected chi connectivity index (χ2v) is 3.98. The molecular formula is C8H10Cl2N4O. The lowest BCUT2D eigenvalue weighted by Crippen LogP contribution is -2.33. The Morgan fingerprint density at radius 3 is 2.47 bits per heavy atom. The van der Waals surface area contributed by atoms with Gasteiger partial charge in [-0.3, -0.25) is 0 Å². The molecule has 2 rings (SSSR count). The summed E-state index contributed by atoms with van der Waals surface area (Å²) in [6, 6.07) is 0.277. The van der Waals surface area contributed by atoms with Gasteiger partial charge in [-0.15, -0.1) is 0 Å². The van der Waals surface area contributed by atoms with Crippen molar-refractivity contribution in [1.82, 2.24) is 15.0 Å². The van der Waals surface area contributed by atoms with E-state index in [0.717, 1.165) is 13.0 Å². The fourth-order valence-corrected chi connectivity index (χ4v) is 1.82. The molecule has 1 atom stereocenters. The summed E-state index contributed by atoms with van der Waals surface area (Å²) in [4.78, 5) is 13.6. The number of halogens is 2. The van der Waals surface area contributed by atoms with Crippen LogP contribution in [-0.2, 0) is 4.74 Å². The van der Waals surface area contributed by atoms with Crippen molar-refractivity contribution in [2.75, 3.05) is 25.2 Å². The molecule has 0 radical (unpaired) electrons. The molecule has 0 bridgehead atoms. The minimum Gasteiger partial charge on any atom is -0.379 e. The molecule has 82 valence electrons. The molecule has 0 N–H and O–H groups in total. The van der Waals surface area contributed by atoms with Crippen molar-refractivity contribution in [3.63, 3.8) is 0 Å². The van der Waals surface area contributed by atoms with Crippen LogP contribution >= 0.6 is 23.2 Å². The van der Waals surface area contributed by atoms with Gasteiger partial charge in [-0.2, -0.15) is 15.0 Å². The summed E-state index contributed by atoms with van der Waals surface area (Å²) in [5.41, 5.74) is 0. The maximum absolute atomic E-state index is 5.70. The standard InChI is InChI=1S/C8H10Cl2N4O/c1-14(5-2-3-15-4-5)8-12-6(9)11-7(10)13-8/h5H,2-4H2,1H3. The van der Waals surface area contributed by atoms with Crippen molar-refractivity contribution in [3.8, 4) is 0 Å². The van der Waals surface area contributed by atoms with E-state index in [1.54, 1.807) is 0 Å². The Morgan fingerprint density at radius 1 is 1.27 bits per heavy atom. The number of likely N-dealkylation sites (N-methyl/N-ethyl adjacent to an activating group) is 1. The van der Waals surface area contributed by atoms with E-state index in [0.29, 0.717) is 12.6 Å². The predicted molar refractivity (Wildman–Crippen MR) is 57.5 cm³/mol. The Labute approximate surface area is 97.4 Å². The molecule has 1 aliphatic heterocycles. The lowest BCUT2D eigenvalue weighted by atomic mass is 10.2. The largest absolute Gasteiger partial charge is 0.379 e. The van der Waals surface area contributed by atoms with Crippen molar-refractivity contribution in [2.45, 2.75) is 12.5 Å². The van der Waals surface area contributed by atoms with E-state index in [1.165, 1.54) is 0 Å². The van der Waals surface area contributed by atoms with Crippen LogP contribution in [0.25, 0.3) is 0 Å². The number of ether oxygens (including phenoxy) is 1. The molecule has 7 heteroatoms. The summed E-state index contributed by atoms with van der Waals surface area (Å²) < 4.78 is 5.28. The van der Waals surface area contributed by atoms with Crippen LogP contribution in [0.4, 0.5) is 5.95 Å². The molecule has 1 aromatic heterocycles. The van der Waals surface area contributed by atoms with E-state index in [2.05, 4.69) is 15.0 Å². The molecule has 0 aliphatic carbocycles. The van der Waals surface area contributed by atoms with Crippen LogP contribution in [-0.4, -0.2) is 41.3 Å². The second kappa shape index (κ2) is 4.47. The lowest BCUT2D eigenvalue weighted by Gasteiger charge is -2.22. The van der Waals surface area contributed by atoms with Crippen LogP contribution in [0.3, 0.4) is 0 Å². The molecule has 0 aromatic carbocycles. The van der Waals surface area contributed by atoms with E-state index in [1.807, 2.05) is 11.9 Å². The van der Waals surface area contributed by atoms with E-state index < -0.39 is 0 Å². The Balaban J connectivity index is 2.20. The molecule has 15 heavy (non-hydrogen) atoms. The Bertz CT molecular complexity index is 336. The number of hydrogen-bond donors (Lipinski definition) is 0. The van der Waals surface area contributed by atoms with Gasteiger partial charge in [-0.1, -0.05) is 0 Å². The molecular weight excluding hydrogens is 239 g/mol. The van der Waals surface area contributed by atoms with Crippen LogP contribution in [0.15, 0.2) is 0 Å². The minimum absolute atomic E-state index is 0.107. The summed E-state index contributed by atoms with van der Waals surface area (Å²) in [6.45, 7) is 1.44. The van der Waals surface area contributed by atoms with Gasteiger partial charge >= 0.3 is 0 Å². The third-order valence-electron chi connectivity index (χ3n) is 2.34. The third kappa shape index (κ3) is 2.48.